The summed E-state index contributed by atoms with van der Waals surface area (Å²) in [5.74, 6) is 1.74. The van der Waals surface area contributed by atoms with E-state index >= 15 is 0 Å². The molecule has 20 heavy (non-hydrogen) atoms. The first-order chi connectivity index (χ1) is 9.27. The fourth-order valence-electron chi connectivity index (χ4n) is 3.73. The Hall–Kier alpha value is -1.16. The number of nitrogens with one attached hydrogen (secondary N) is 1. The van der Waals surface area contributed by atoms with Gasteiger partial charge >= 0.3 is 0 Å². The van der Waals surface area contributed by atoms with Crippen LogP contribution in [0, 0.1) is 31.6 Å². The van der Waals surface area contributed by atoms with E-state index in [9.17, 15) is 5.11 Å². The Morgan fingerprint density at radius 2 is 1.80 bits per heavy atom. The zero-order chi connectivity index (χ0) is 15.0. The van der Waals surface area contributed by atoms with E-state index in [1.54, 1.807) is 0 Å². The molecule has 1 heterocycles. The van der Waals surface area contributed by atoms with Crippen molar-refractivity contribution in [3.8, 4) is 0 Å². The monoisotopic (exact) mass is 277 g/mol. The Labute approximate surface area is 122 Å². The van der Waals surface area contributed by atoms with Crippen LogP contribution in [-0.4, -0.2) is 28.2 Å². The number of aliphatic hydroxyl groups is 1. The minimum Gasteiger partial charge on any atom is -0.396 e. The predicted molar refractivity (Wildman–Crippen MR) is 81.9 cm³/mol. The number of nitrogens with zero attached hydrogens (tertiary/aromatic N) is 2. The molecule has 0 unspecified atom stereocenters. The Bertz CT molecular complexity index is 489. The minimum atomic E-state index is 0.113. The van der Waals surface area contributed by atoms with Gasteiger partial charge in [0.25, 0.3) is 0 Å². The van der Waals surface area contributed by atoms with Gasteiger partial charge in [-0.1, -0.05) is 13.8 Å². The normalized spacial score (nSPS) is 19.5. The maximum atomic E-state index is 9.66. The van der Waals surface area contributed by atoms with E-state index in [1.807, 2.05) is 20.8 Å². The molecule has 1 aliphatic rings. The van der Waals surface area contributed by atoms with Gasteiger partial charge in [0, 0.05) is 24.4 Å². The van der Waals surface area contributed by atoms with E-state index in [0.717, 1.165) is 48.7 Å². The first kappa shape index (κ1) is 15.2. The van der Waals surface area contributed by atoms with E-state index in [-0.39, 0.29) is 5.41 Å². The topological polar surface area (TPSA) is 58.0 Å². The maximum Gasteiger partial charge on any atom is 0.132 e. The third kappa shape index (κ3) is 3.11. The predicted octanol–water partition coefficient (Wildman–Crippen LogP) is 3.00. The highest BCUT2D eigenvalue weighted by Gasteiger charge is 2.48. The molecule has 2 N–H and O–H groups in total. The molecule has 0 spiro atoms. The zero-order valence-corrected chi connectivity index (χ0v) is 13.4. The molecular formula is C16H27N3O. The summed E-state index contributed by atoms with van der Waals surface area (Å²) in [6.07, 6.45) is 3.21. The molecule has 4 nitrogen and oxygen atoms in total. The van der Waals surface area contributed by atoms with E-state index in [2.05, 4.69) is 29.1 Å². The summed E-state index contributed by atoms with van der Waals surface area (Å²) in [7, 11) is 0. The van der Waals surface area contributed by atoms with Gasteiger partial charge in [-0.3, -0.25) is 0 Å². The second-order valence-corrected chi connectivity index (χ2v) is 7.18. The van der Waals surface area contributed by atoms with Gasteiger partial charge in [-0.05, 0) is 50.9 Å². The van der Waals surface area contributed by atoms with Gasteiger partial charge in [0.2, 0.25) is 0 Å². The van der Waals surface area contributed by atoms with Crippen molar-refractivity contribution in [3.63, 3.8) is 0 Å². The van der Waals surface area contributed by atoms with Crippen molar-refractivity contribution < 1.29 is 5.11 Å². The second-order valence-electron chi connectivity index (χ2n) is 7.18. The molecule has 1 saturated carbocycles. The summed E-state index contributed by atoms with van der Waals surface area (Å²) >= 11 is 0. The lowest BCUT2D eigenvalue weighted by atomic mass is 9.53. The van der Waals surface area contributed by atoms with Crippen LogP contribution in [0.15, 0.2) is 0 Å². The van der Waals surface area contributed by atoms with Gasteiger partial charge in [-0.25, -0.2) is 9.97 Å². The second kappa shape index (κ2) is 5.32. The first-order valence-electron chi connectivity index (χ1n) is 7.44. The average Bonchev–Trinajstić information content (AvgIpc) is 2.32. The molecule has 2 rings (SSSR count). The molecular weight excluding hydrogens is 250 g/mol. The molecule has 0 saturated heterocycles. The van der Waals surface area contributed by atoms with Gasteiger partial charge in [0.1, 0.15) is 11.6 Å². The number of anilines is 1. The maximum absolute atomic E-state index is 9.66. The fourth-order valence-corrected chi connectivity index (χ4v) is 3.73. The lowest BCUT2D eigenvalue weighted by Gasteiger charge is -2.52. The van der Waals surface area contributed by atoms with Crippen molar-refractivity contribution in [2.24, 2.45) is 10.8 Å². The van der Waals surface area contributed by atoms with Crippen LogP contribution < -0.4 is 5.32 Å². The molecule has 1 fully saturated rings. The molecule has 1 aromatic rings. The van der Waals surface area contributed by atoms with Crippen LogP contribution in [0.2, 0.25) is 0 Å². The fraction of sp³-hybridized carbons (Fsp3) is 0.750. The number of aromatic nitrogens is 2. The Kier molecular flexibility index (Phi) is 4.05. The van der Waals surface area contributed by atoms with E-state index in [0.29, 0.717) is 12.0 Å². The number of hydrogen-bond acceptors (Lipinski definition) is 4. The Balaban J connectivity index is 1.94. The van der Waals surface area contributed by atoms with Crippen molar-refractivity contribution in [2.75, 3.05) is 18.5 Å². The summed E-state index contributed by atoms with van der Waals surface area (Å²) in [4.78, 5) is 8.83. The first-order valence-corrected chi connectivity index (χ1v) is 7.44. The number of rotatable bonds is 5. The molecule has 1 aromatic heterocycles. The molecule has 0 aliphatic heterocycles. The molecule has 4 heteroatoms. The number of aliphatic hydroxyl groups excluding tert-OH is 1. The Morgan fingerprint density at radius 3 is 2.35 bits per heavy atom. The van der Waals surface area contributed by atoms with Crippen molar-refractivity contribution in [1.29, 1.82) is 0 Å². The number of hydrogen-bond donors (Lipinski definition) is 2. The third-order valence-electron chi connectivity index (χ3n) is 4.49. The van der Waals surface area contributed by atoms with Crippen molar-refractivity contribution in [3.05, 3.63) is 17.1 Å². The molecule has 0 atom stereocenters. The summed E-state index contributed by atoms with van der Waals surface area (Å²) in [5, 5.41) is 13.1. The van der Waals surface area contributed by atoms with E-state index in [4.69, 9.17) is 0 Å². The summed E-state index contributed by atoms with van der Waals surface area (Å²) in [6.45, 7) is 11.7. The van der Waals surface area contributed by atoms with Gasteiger partial charge in [-0.2, -0.15) is 0 Å². The Morgan fingerprint density at radius 1 is 1.15 bits per heavy atom. The molecule has 0 radical (unpaired) electrons. The van der Waals surface area contributed by atoms with Crippen molar-refractivity contribution >= 4 is 5.82 Å². The van der Waals surface area contributed by atoms with Crippen LogP contribution in [-0.2, 0) is 0 Å². The highest BCUT2D eigenvalue weighted by molar-refractivity contribution is 5.45. The number of aryl methyl sites for hydroxylation is 2. The van der Waals surface area contributed by atoms with Gasteiger partial charge in [-0.15, -0.1) is 0 Å². The molecule has 1 aliphatic carbocycles. The smallest absolute Gasteiger partial charge is 0.132 e. The SMILES string of the molecule is Cc1nc(C)c(C)c(NCCC2(CO)CC(C)(C)C2)n1. The molecule has 0 amide bonds. The highest BCUT2D eigenvalue weighted by Crippen LogP contribution is 2.55. The largest absolute Gasteiger partial charge is 0.396 e. The van der Waals surface area contributed by atoms with Crippen molar-refractivity contribution in [2.45, 2.75) is 53.9 Å². The lowest BCUT2D eigenvalue weighted by molar-refractivity contribution is -0.0583. The van der Waals surface area contributed by atoms with Crippen LogP contribution in [0.3, 0.4) is 0 Å². The van der Waals surface area contributed by atoms with Crippen LogP contribution in [0.4, 0.5) is 5.82 Å². The summed E-state index contributed by atoms with van der Waals surface area (Å²) in [6, 6.07) is 0. The van der Waals surface area contributed by atoms with Crippen LogP contribution in [0.25, 0.3) is 0 Å². The summed E-state index contributed by atoms with van der Waals surface area (Å²) < 4.78 is 0. The van der Waals surface area contributed by atoms with Crippen LogP contribution >= 0.6 is 0 Å². The van der Waals surface area contributed by atoms with Crippen molar-refractivity contribution in [1.82, 2.24) is 9.97 Å². The van der Waals surface area contributed by atoms with E-state index < -0.39 is 0 Å². The zero-order valence-electron chi connectivity index (χ0n) is 13.4. The van der Waals surface area contributed by atoms with Crippen LogP contribution in [0.5, 0.6) is 0 Å². The standard InChI is InChI=1S/C16H27N3O/c1-11-12(2)18-13(3)19-14(11)17-7-6-16(10-20)8-15(4,5)9-16/h20H,6-10H2,1-5H3,(H,17,18,19). The molecule has 0 aromatic carbocycles. The lowest BCUT2D eigenvalue weighted by Crippen LogP contribution is -2.46. The molecule has 0 bridgehead atoms. The average molecular weight is 277 g/mol. The summed E-state index contributed by atoms with van der Waals surface area (Å²) in [5.41, 5.74) is 2.65. The minimum absolute atomic E-state index is 0.113. The van der Waals surface area contributed by atoms with E-state index in [1.165, 1.54) is 0 Å². The van der Waals surface area contributed by atoms with Gasteiger partial charge < -0.3 is 10.4 Å². The quantitative estimate of drug-likeness (QED) is 0.868. The van der Waals surface area contributed by atoms with Crippen LogP contribution in [0.1, 0.15) is 50.2 Å². The highest BCUT2D eigenvalue weighted by atomic mass is 16.3. The van der Waals surface area contributed by atoms with Gasteiger partial charge in [0.15, 0.2) is 0 Å². The third-order valence-corrected chi connectivity index (χ3v) is 4.49. The van der Waals surface area contributed by atoms with Gasteiger partial charge in [0.05, 0.1) is 0 Å². The molecule has 112 valence electrons.